The minimum absolute atomic E-state index is 0.0671. The SMILES string of the molecule is COc1cccc(Cn2nnnc2C(C)(C)C)c1. The van der Waals surface area contributed by atoms with Gasteiger partial charge in [-0.2, -0.15) is 0 Å². The van der Waals surface area contributed by atoms with Crippen molar-refractivity contribution in [3.63, 3.8) is 0 Å². The van der Waals surface area contributed by atoms with E-state index in [4.69, 9.17) is 4.74 Å². The monoisotopic (exact) mass is 246 g/mol. The van der Waals surface area contributed by atoms with Crippen LogP contribution in [-0.4, -0.2) is 27.3 Å². The van der Waals surface area contributed by atoms with Crippen LogP contribution in [0, 0.1) is 0 Å². The van der Waals surface area contributed by atoms with Gasteiger partial charge in [0.15, 0.2) is 5.82 Å². The Balaban J connectivity index is 2.26. The zero-order valence-electron chi connectivity index (χ0n) is 11.2. The maximum Gasteiger partial charge on any atom is 0.156 e. The Bertz CT molecular complexity index is 528. The molecule has 96 valence electrons. The van der Waals surface area contributed by atoms with Gasteiger partial charge in [-0.3, -0.25) is 0 Å². The van der Waals surface area contributed by atoms with Crippen molar-refractivity contribution < 1.29 is 4.74 Å². The summed E-state index contributed by atoms with van der Waals surface area (Å²) >= 11 is 0. The first-order valence-electron chi connectivity index (χ1n) is 5.90. The van der Waals surface area contributed by atoms with Crippen LogP contribution in [0.3, 0.4) is 0 Å². The lowest BCUT2D eigenvalue weighted by Gasteiger charge is -2.17. The highest BCUT2D eigenvalue weighted by molar-refractivity contribution is 5.28. The van der Waals surface area contributed by atoms with Crippen LogP contribution < -0.4 is 4.74 Å². The molecule has 0 saturated heterocycles. The van der Waals surface area contributed by atoms with E-state index in [0.717, 1.165) is 17.1 Å². The number of aromatic nitrogens is 4. The Morgan fingerprint density at radius 3 is 2.72 bits per heavy atom. The summed E-state index contributed by atoms with van der Waals surface area (Å²) in [5, 5.41) is 11.9. The molecule has 0 N–H and O–H groups in total. The van der Waals surface area contributed by atoms with Crippen LogP contribution >= 0.6 is 0 Å². The summed E-state index contributed by atoms with van der Waals surface area (Å²) in [5.74, 6) is 1.73. The fourth-order valence-electron chi connectivity index (χ4n) is 1.79. The zero-order chi connectivity index (χ0) is 13.2. The van der Waals surface area contributed by atoms with E-state index in [2.05, 4.69) is 36.3 Å². The van der Waals surface area contributed by atoms with Crippen LogP contribution in [-0.2, 0) is 12.0 Å². The Morgan fingerprint density at radius 1 is 1.28 bits per heavy atom. The summed E-state index contributed by atoms with van der Waals surface area (Å²) < 4.78 is 7.04. The molecule has 1 heterocycles. The van der Waals surface area contributed by atoms with Gasteiger partial charge in [0, 0.05) is 5.41 Å². The smallest absolute Gasteiger partial charge is 0.156 e. The largest absolute Gasteiger partial charge is 0.497 e. The molecule has 0 spiro atoms. The molecule has 0 amide bonds. The lowest BCUT2D eigenvalue weighted by Crippen LogP contribution is -2.20. The number of benzene rings is 1. The summed E-state index contributed by atoms with van der Waals surface area (Å²) in [6.45, 7) is 6.94. The summed E-state index contributed by atoms with van der Waals surface area (Å²) in [7, 11) is 1.66. The molecule has 1 aromatic carbocycles. The van der Waals surface area contributed by atoms with Gasteiger partial charge in [-0.15, -0.1) is 5.10 Å². The first-order valence-corrected chi connectivity index (χ1v) is 5.90. The van der Waals surface area contributed by atoms with Crippen LogP contribution in [0.1, 0.15) is 32.2 Å². The molecule has 0 atom stereocenters. The number of hydrogen-bond acceptors (Lipinski definition) is 4. The topological polar surface area (TPSA) is 52.8 Å². The number of tetrazole rings is 1. The van der Waals surface area contributed by atoms with Gasteiger partial charge in [0.2, 0.25) is 0 Å². The van der Waals surface area contributed by atoms with E-state index in [0.29, 0.717) is 6.54 Å². The average Bonchev–Trinajstić information content (AvgIpc) is 2.77. The number of ether oxygens (including phenoxy) is 1. The van der Waals surface area contributed by atoms with Crippen molar-refractivity contribution in [3.8, 4) is 5.75 Å². The van der Waals surface area contributed by atoms with Gasteiger partial charge >= 0.3 is 0 Å². The van der Waals surface area contributed by atoms with Gasteiger partial charge in [-0.25, -0.2) is 4.68 Å². The molecule has 5 nitrogen and oxygen atoms in total. The number of nitrogens with zero attached hydrogens (tertiary/aromatic N) is 4. The highest BCUT2D eigenvalue weighted by Crippen LogP contribution is 2.20. The van der Waals surface area contributed by atoms with Crippen molar-refractivity contribution in [1.82, 2.24) is 20.2 Å². The van der Waals surface area contributed by atoms with Gasteiger partial charge in [0.25, 0.3) is 0 Å². The Kier molecular flexibility index (Phi) is 3.32. The van der Waals surface area contributed by atoms with Crippen molar-refractivity contribution >= 4 is 0 Å². The van der Waals surface area contributed by atoms with Crippen molar-refractivity contribution in [2.45, 2.75) is 32.7 Å². The minimum atomic E-state index is -0.0671. The average molecular weight is 246 g/mol. The van der Waals surface area contributed by atoms with Gasteiger partial charge in [-0.05, 0) is 28.1 Å². The van der Waals surface area contributed by atoms with Gasteiger partial charge < -0.3 is 4.74 Å². The maximum atomic E-state index is 5.21. The predicted octanol–water partition coefficient (Wildman–Crippen LogP) is 2.03. The van der Waals surface area contributed by atoms with Crippen molar-refractivity contribution in [2.75, 3.05) is 7.11 Å². The molecule has 0 unspecified atom stereocenters. The van der Waals surface area contributed by atoms with E-state index in [1.165, 1.54) is 0 Å². The van der Waals surface area contributed by atoms with Gasteiger partial charge in [0.05, 0.1) is 13.7 Å². The third-order valence-corrected chi connectivity index (χ3v) is 2.67. The first kappa shape index (κ1) is 12.5. The van der Waals surface area contributed by atoms with E-state index in [1.54, 1.807) is 7.11 Å². The normalized spacial score (nSPS) is 11.6. The van der Waals surface area contributed by atoms with Crippen LogP contribution in [0.4, 0.5) is 0 Å². The third kappa shape index (κ3) is 2.67. The Labute approximate surface area is 107 Å². The van der Waals surface area contributed by atoms with Crippen molar-refractivity contribution in [1.29, 1.82) is 0 Å². The molecule has 0 bridgehead atoms. The molecule has 0 aliphatic rings. The molecular formula is C13H18N4O. The van der Waals surface area contributed by atoms with E-state index < -0.39 is 0 Å². The van der Waals surface area contributed by atoms with Crippen molar-refractivity contribution in [2.24, 2.45) is 0 Å². The highest BCUT2D eigenvalue weighted by Gasteiger charge is 2.21. The molecule has 0 aliphatic heterocycles. The minimum Gasteiger partial charge on any atom is -0.497 e. The second-order valence-corrected chi connectivity index (χ2v) is 5.26. The summed E-state index contributed by atoms with van der Waals surface area (Å²) in [6, 6.07) is 7.92. The van der Waals surface area contributed by atoms with E-state index in [1.807, 2.05) is 28.9 Å². The van der Waals surface area contributed by atoms with Gasteiger partial charge in [-0.1, -0.05) is 32.9 Å². The summed E-state index contributed by atoms with van der Waals surface area (Å²) in [6.07, 6.45) is 0. The maximum absolute atomic E-state index is 5.21. The lowest BCUT2D eigenvalue weighted by atomic mass is 9.96. The van der Waals surface area contributed by atoms with Crippen LogP contribution in [0.5, 0.6) is 5.75 Å². The van der Waals surface area contributed by atoms with E-state index in [-0.39, 0.29) is 5.41 Å². The number of hydrogen-bond donors (Lipinski definition) is 0. The second-order valence-electron chi connectivity index (χ2n) is 5.26. The Hall–Kier alpha value is -1.91. The highest BCUT2D eigenvalue weighted by atomic mass is 16.5. The fraction of sp³-hybridized carbons (Fsp3) is 0.462. The van der Waals surface area contributed by atoms with Crippen molar-refractivity contribution in [3.05, 3.63) is 35.7 Å². The van der Waals surface area contributed by atoms with Crippen LogP contribution in [0.15, 0.2) is 24.3 Å². The molecule has 0 saturated carbocycles. The second kappa shape index (κ2) is 4.76. The molecule has 18 heavy (non-hydrogen) atoms. The molecule has 0 radical (unpaired) electrons. The molecule has 1 aromatic heterocycles. The molecule has 5 heteroatoms. The van der Waals surface area contributed by atoms with Crippen LogP contribution in [0.2, 0.25) is 0 Å². The molecular weight excluding hydrogens is 228 g/mol. The zero-order valence-corrected chi connectivity index (χ0v) is 11.2. The number of methoxy groups -OCH3 is 1. The summed E-state index contributed by atoms with van der Waals surface area (Å²) in [4.78, 5) is 0. The van der Waals surface area contributed by atoms with E-state index in [9.17, 15) is 0 Å². The Morgan fingerprint density at radius 2 is 2.06 bits per heavy atom. The molecule has 2 rings (SSSR count). The predicted molar refractivity (Wildman–Crippen MR) is 68.6 cm³/mol. The first-order chi connectivity index (χ1) is 8.50. The quantitative estimate of drug-likeness (QED) is 0.831. The fourth-order valence-corrected chi connectivity index (χ4v) is 1.79. The lowest BCUT2D eigenvalue weighted by molar-refractivity contribution is 0.413. The summed E-state index contributed by atoms with van der Waals surface area (Å²) in [5.41, 5.74) is 1.05. The van der Waals surface area contributed by atoms with E-state index >= 15 is 0 Å². The third-order valence-electron chi connectivity index (χ3n) is 2.67. The molecule has 0 fully saturated rings. The van der Waals surface area contributed by atoms with Gasteiger partial charge in [0.1, 0.15) is 5.75 Å². The van der Waals surface area contributed by atoms with Crippen LogP contribution in [0.25, 0.3) is 0 Å². The number of rotatable bonds is 3. The molecule has 2 aromatic rings. The standard InChI is InChI=1S/C13H18N4O/c1-13(2,3)12-14-15-16-17(12)9-10-6-5-7-11(8-10)18-4/h5-8H,9H2,1-4H3. The molecule has 0 aliphatic carbocycles.